The Balaban J connectivity index is 1.63. The average molecular weight is 290 g/mol. The first-order valence-electron chi connectivity index (χ1n) is 8.16. The molecule has 0 bridgehead atoms. The van der Waals surface area contributed by atoms with Crippen molar-refractivity contribution in [3.63, 3.8) is 0 Å². The van der Waals surface area contributed by atoms with E-state index in [1.165, 1.54) is 25.7 Å². The first-order valence-corrected chi connectivity index (χ1v) is 8.16. The Morgan fingerprint density at radius 3 is 2.95 bits per heavy atom. The molecule has 1 aliphatic carbocycles. The van der Waals surface area contributed by atoms with E-state index in [9.17, 15) is 5.11 Å². The summed E-state index contributed by atoms with van der Waals surface area (Å²) in [6.45, 7) is 0.805. The zero-order chi connectivity index (χ0) is 14.7. The quantitative estimate of drug-likeness (QED) is 0.924. The van der Waals surface area contributed by atoms with Crippen LogP contribution in [-0.2, 0) is 11.2 Å². The minimum Gasteiger partial charge on any atom is -0.497 e. The lowest BCUT2D eigenvalue weighted by Gasteiger charge is -2.40. The van der Waals surface area contributed by atoms with Crippen molar-refractivity contribution in [3.8, 4) is 5.75 Å². The third-order valence-corrected chi connectivity index (χ3v) is 5.17. The first kappa shape index (κ1) is 14.9. The van der Waals surface area contributed by atoms with Gasteiger partial charge < -0.3 is 14.6 Å². The van der Waals surface area contributed by atoms with Crippen LogP contribution in [0.15, 0.2) is 24.3 Å². The lowest BCUT2D eigenvalue weighted by Crippen LogP contribution is -2.41. The van der Waals surface area contributed by atoms with Gasteiger partial charge in [-0.15, -0.1) is 0 Å². The fraction of sp³-hybridized carbons (Fsp3) is 0.667. The second-order valence-electron chi connectivity index (χ2n) is 6.61. The van der Waals surface area contributed by atoms with Gasteiger partial charge in [-0.3, -0.25) is 0 Å². The van der Waals surface area contributed by atoms with E-state index in [0.29, 0.717) is 12.3 Å². The minimum absolute atomic E-state index is 0.0816. The maximum atomic E-state index is 10.6. The van der Waals surface area contributed by atoms with Crippen LogP contribution in [0, 0.1) is 5.92 Å². The normalized spacial score (nSPS) is 25.9. The summed E-state index contributed by atoms with van der Waals surface area (Å²) in [5.41, 5.74) is 1.23. The molecule has 0 radical (unpaired) electrons. The molecule has 1 saturated carbocycles. The largest absolute Gasteiger partial charge is 0.497 e. The smallest absolute Gasteiger partial charge is 0.119 e. The summed E-state index contributed by atoms with van der Waals surface area (Å²) in [7, 11) is 1.68. The lowest BCUT2D eigenvalue weighted by molar-refractivity contribution is -0.112. The summed E-state index contributed by atoms with van der Waals surface area (Å²) < 4.78 is 11.3. The fourth-order valence-corrected chi connectivity index (χ4v) is 3.97. The summed E-state index contributed by atoms with van der Waals surface area (Å²) >= 11 is 0. The molecule has 2 unspecified atom stereocenters. The van der Waals surface area contributed by atoms with Crippen molar-refractivity contribution >= 4 is 0 Å². The number of ether oxygens (including phenoxy) is 2. The van der Waals surface area contributed by atoms with Gasteiger partial charge in [0.1, 0.15) is 5.75 Å². The standard InChI is InChI=1S/C18H26O3/c1-20-16-6-4-5-14(11-16)12-17(19)15-7-10-21-18(13-15)8-2-3-9-18/h4-6,11,15,17,19H,2-3,7-10,12-13H2,1H3. The molecule has 2 aliphatic rings. The molecule has 1 spiro atoms. The second-order valence-corrected chi connectivity index (χ2v) is 6.61. The summed E-state index contributed by atoms with van der Waals surface area (Å²) in [5.74, 6) is 1.22. The molecule has 1 N–H and O–H groups in total. The van der Waals surface area contributed by atoms with Crippen molar-refractivity contribution in [2.24, 2.45) is 5.92 Å². The van der Waals surface area contributed by atoms with Crippen LogP contribution in [0.3, 0.4) is 0 Å². The van der Waals surface area contributed by atoms with E-state index in [2.05, 4.69) is 6.07 Å². The Morgan fingerprint density at radius 2 is 2.19 bits per heavy atom. The molecule has 3 nitrogen and oxygen atoms in total. The number of aliphatic hydroxyl groups is 1. The van der Waals surface area contributed by atoms with E-state index in [1.54, 1.807) is 7.11 Å². The van der Waals surface area contributed by atoms with Crippen LogP contribution in [-0.4, -0.2) is 30.5 Å². The van der Waals surface area contributed by atoms with Gasteiger partial charge in [0, 0.05) is 6.61 Å². The molecular weight excluding hydrogens is 264 g/mol. The highest BCUT2D eigenvalue weighted by molar-refractivity contribution is 5.28. The molecule has 1 aliphatic heterocycles. The molecule has 3 rings (SSSR count). The van der Waals surface area contributed by atoms with Crippen molar-refractivity contribution in [1.29, 1.82) is 0 Å². The Kier molecular flexibility index (Phi) is 4.51. The number of rotatable bonds is 4. The molecular formula is C18H26O3. The van der Waals surface area contributed by atoms with E-state index < -0.39 is 0 Å². The van der Waals surface area contributed by atoms with Gasteiger partial charge in [-0.1, -0.05) is 25.0 Å². The Hall–Kier alpha value is -1.06. The molecule has 21 heavy (non-hydrogen) atoms. The van der Waals surface area contributed by atoms with E-state index >= 15 is 0 Å². The van der Waals surface area contributed by atoms with Crippen LogP contribution in [0.2, 0.25) is 0 Å². The highest BCUT2D eigenvalue weighted by atomic mass is 16.5. The van der Waals surface area contributed by atoms with Crippen LogP contribution < -0.4 is 4.74 Å². The highest BCUT2D eigenvalue weighted by Gasteiger charge is 2.41. The second kappa shape index (κ2) is 6.37. The van der Waals surface area contributed by atoms with Crippen LogP contribution in [0.5, 0.6) is 5.75 Å². The van der Waals surface area contributed by atoms with Crippen LogP contribution in [0.1, 0.15) is 44.1 Å². The van der Waals surface area contributed by atoms with Crippen LogP contribution in [0.4, 0.5) is 0 Å². The maximum absolute atomic E-state index is 10.6. The summed E-state index contributed by atoms with van der Waals surface area (Å²) in [6.07, 6.45) is 7.34. The highest BCUT2D eigenvalue weighted by Crippen LogP contribution is 2.43. The molecule has 0 amide bonds. The monoisotopic (exact) mass is 290 g/mol. The Bertz CT molecular complexity index is 465. The predicted molar refractivity (Wildman–Crippen MR) is 82.6 cm³/mol. The molecule has 3 heteroatoms. The van der Waals surface area contributed by atoms with Crippen molar-refractivity contribution in [3.05, 3.63) is 29.8 Å². The summed E-state index contributed by atoms with van der Waals surface area (Å²) in [5, 5.41) is 10.6. The zero-order valence-corrected chi connectivity index (χ0v) is 12.9. The van der Waals surface area contributed by atoms with Gasteiger partial charge in [0.15, 0.2) is 0 Å². The van der Waals surface area contributed by atoms with E-state index in [-0.39, 0.29) is 11.7 Å². The average Bonchev–Trinajstić information content (AvgIpc) is 2.95. The number of aliphatic hydroxyl groups excluding tert-OH is 1. The molecule has 116 valence electrons. The van der Waals surface area contributed by atoms with Gasteiger partial charge in [0.2, 0.25) is 0 Å². The van der Waals surface area contributed by atoms with Gasteiger partial charge in [-0.25, -0.2) is 0 Å². The lowest BCUT2D eigenvalue weighted by atomic mass is 9.80. The van der Waals surface area contributed by atoms with Gasteiger partial charge in [0.05, 0.1) is 18.8 Å². The molecule has 2 atom stereocenters. The topological polar surface area (TPSA) is 38.7 Å². The van der Waals surface area contributed by atoms with E-state index in [4.69, 9.17) is 9.47 Å². The Morgan fingerprint density at radius 1 is 1.38 bits per heavy atom. The zero-order valence-electron chi connectivity index (χ0n) is 12.9. The fourth-order valence-electron chi connectivity index (χ4n) is 3.97. The molecule has 1 aromatic carbocycles. The number of benzene rings is 1. The van der Waals surface area contributed by atoms with Gasteiger partial charge in [-0.05, 0) is 55.7 Å². The van der Waals surface area contributed by atoms with Crippen molar-refractivity contribution in [1.82, 2.24) is 0 Å². The van der Waals surface area contributed by atoms with E-state index in [0.717, 1.165) is 30.8 Å². The molecule has 0 aromatic heterocycles. The minimum atomic E-state index is -0.279. The summed E-state index contributed by atoms with van der Waals surface area (Å²) in [4.78, 5) is 0. The third kappa shape index (κ3) is 3.41. The molecule has 1 aromatic rings. The van der Waals surface area contributed by atoms with Crippen LogP contribution >= 0.6 is 0 Å². The molecule has 2 fully saturated rings. The van der Waals surface area contributed by atoms with Crippen molar-refractivity contribution < 1.29 is 14.6 Å². The maximum Gasteiger partial charge on any atom is 0.119 e. The predicted octanol–water partition coefficient (Wildman–Crippen LogP) is 3.34. The van der Waals surface area contributed by atoms with Gasteiger partial charge in [0.25, 0.3) is 0 Å². The first-order chi connectivity index (χ1) is 10.2. The third-order valence-electron chi connectivity index (χ3n) is 5.17. The SMILES string of the molecule is COc1cccc(CC(O)C2CCOC3(CCCC3)C2)c1. The molecule has 1 heterocycles. The number of hydrogen-bond donors (Lipinski definition) is 1. The van der Waals surface area contributed by atoms with Crippen molar-refractivity contribution in [2.75, 3.05) is 13.7 Å². The van der Waals surface area contributed by atoms with Crippen LogP contribution in [0.25, 0.3) is 0 Å². The van der Waals surface area contributed by atoms with E-state index in [1.807, 2.05) is 18.2 Å². The number of methoxy groups -OCH3 is 1. The molecule has 1 saturated heterocycles. The van der Waals surface area contributed by atoms with Gasteiger partial charge >= 0.3 is 0 Å². The Labute approximate surface area is 127 Å². The summed E-state index contributed by atoms with van der Waals surface area (Å²) in [6, 6.07) is 8.02. The van der Waals surface area contributed by atoms with Crippen molar-refractivity contribution in [2.45, 2.75) is 56.7 Å². The number of hydrogen-bond acceptors (Lipinski definition) is 3. The van der Waals surface area contributed by atoms with Gasteiger partial charge in [-0.2, -0.15) is 0 Å².